The second kappa shape index (κ2) is 8.26. The number of aliphatic hydroxyl groups is 1. The van der Waals surface area contributed by atoms with Crippen molar-refractivity contribution in [3.63, 3.8) is 0 Å². The van der Waals surface area contributed by atoms with Gasteiger partial charge in [0, 0.05) is 21.6 Å². The van der Waals surface area contributed by atoms with Crippen LogP contribution in [0.15, 0.2) is 35.2 Å². The number of thioether (sulfide) groups is 1. The Bertz CT molecular complexity index is 881. The molecule has 1 saturated heterocycles. The molecule has 0 amide bonds. The number of benzene rings is 2. The highest BCUT2D eigenvalue weighted by molar-refractivity contribution is 8.00. The largest absolute Gasteiger partial charge is 0.393 e. The minimum atomic E-state index is -0.281. The summed E-state index contributed by atoms with van der Waals surface area (Å²) in [5.74, 6) is 0. The Morgan fingerprint density at radius 3 is 2.59 bits per heavy atom. The van der Waals surface area contributed by atoms with Gasteiger partial charge in [0.25, 0.3) is 0 Å². The zero-order valence-electron chi connectivity index (χ0n) is 17.0. The first-order valence-corrected chi connectivity index (χ1v) is 12.2. The molecule has 3 unspecified atom stereocenters. The van der Waals surface area contributed by atoms with Gasteiger partial charge in [0.05, 0.1) is 18.3 Å². The normalized spacial score (nSPS) is 26.5. The number of fused-ring (bicyclic) bond motifs is 1. The Kier molecular flexibility index (Phi) is 5.68. The molecule has 2 aromatic rings. The molecule has 0 bridgehead atoms. The van der Waals surface area contributed by atoms with Crippen molar-refractivity contribution in [2.24, 2.45) is 0 Å². The van der Waals surface area contributed by atoms with Gasteiger partial charge in [0.1, 0.15) is 0 Å². The quantitative estimate of drug-likeness (QED) is 0.608. The van der Waals surface area contributed by atoms with Crippen molar-refractivity contribution < 1.29 is 9.84 Å². The molecule has 2 nitrogen and oxygen atoms in total. The van der Waals surface area contributed by atoms with Crippen LogP contribution in [0.4, 0.5) is 0 Å². The molecule has 29 heavy (non-hydrogen) atoms. The first-order chi connectivity index (χ1) is 14.1. The average molecular weight is 429 g/mol. The number of ether oxygens (including phenoxy) is 1. The van der Waals surface area contributed by atoms with E-state index in [-0.39, 0.29) is 18.3 Å². The van der Waals surface area contributed by atoms with Crippen LogP contribution in [0, 0.1) is 0 Å². The number of rotatable bonds is 5. The second-order valence-electron chi connectivity index (χ2n) is 8.95. The monoisotopic (exact) mass is 428 g/mol. The molecule has 3 aliphatic rings. The number of aliphatic hydroxyl groups excluding tert-OH is 1. The van der Waals surface area contributed by atoms with Gasteiger partial charge in [-0.1, -0.05) is 29.8 Å². The highest BCUT2D eigenvalue weighted by atomic mass is 35.5. The van der Waals surface area contributed by atoms with E-state index in [1.54, 1.807) is 0 Å². The topological polar surface area (TPSA) is 29.5 Å². The van der Waals surface area contributed by atoms with E-state index in [4.69, 9.17) is 16.3 Å². The van der Waals surface area contributed by atoms with Crippen molar-refractivity contribution in [3.8, 4) is 0 Å². The summed E-state index contributed by atoms with van der Waals surface area (Å²) in [5.41, 5.74) is 6.45. The van der Waals surface area contributed by atoms with Crippen molar-refractivity contribution in [3.05, 3.63) is 63.2 Å². The Morgan fingerprint density at radius 2 is 1.86 bits per heavy atom. The van der Waals surface area contributed by atoms with Crippen LogP contribution >= 0.6 is 23.4 Å². The number of hydrogen-bond acceptors (Lipinski definition) is 3. The van der Waals surface area contributed by atoms with Crippen LogP contribution in [0.2, 0.25) is 5.02 Å². The van der Waals surface area contributed by atoms with Crippen LogP contribution in [-0.4, -0.2) is 22.6 Å². The molecular weight excluding hydrogens is 400 g/mol. The van der Waals surface area contributed by atoms with E-state index in [2.05, 4.69) is 37.3 Å². The Balaban J connectivity index is 1.43. The van der Waals surface area contributed by atoms with Crippen molar-refractivity contribution in [1.29, 1.82) is 0 Å². The first kappa shape index (κ1) is 19.9. The Hall–Kier alpha value is -1.00. The van der Waals surface area contributed by atoms with Gasteiger partial charge in [-0.05, 0) is 91.8 Å². The number of halogens is 1. The van der Waals surface area contributed by atoms with Crippen molar-refractivity contribution >= 4 is 23.4 Å². The van der Waals surface area contributed by atoms with E-state index < -0.39 is 0 Å². The maximum atomic E-state index is 10.3. The van der Waals surface area contributed by atoms with Crippen molar-refractivity contribution in [2.45, 2.75) is 86.7 Å². The predicted octanol–water partition coefficient (Wildman–Crippen LogP) is 6.27. The van der Waals surface area contributed by atoms with Gasteiger partial charge in [0.15, 0.2) is 0 Å². The SMILES string of the molecule is CC1CC(O)CC(c2cc(Cc3ccc(SC4CC4)cc3)c(Cl)c3c2CCC3)O1. The van der Waals surface area contributed by atoms with Crippen LogP contribution in [0.25, 0.3) is 0 Å². The maximum Gasteiger partial charge on any atom is 0.0856 e. The molecule has 1 N–H and O–H groups in total. The minimum absolute atomic E-state index is 0.0195. The van der Waals surface area contributed by atoms with Crippen LogP contribution in [0.5, 0.6) is 0 Å². The zero-order valence-corrected chi connectivity index (χ0v) is 18.6. The standard InChI is InChI=1S/C25H29ClO2S/c1-15-11-18(27)14-24(28-15)23-13-17(25(26)22-4-2-3-21(22)23)12-16-5-7-19(8-6-16)29-20-9-10-20/h5-8,13,15,18,20,24,27H,2-4,9-12,14H2,1H3. The summed E-state index contributed by atoms with van der Waals surface area (Å²) in [6, 6.07) is 11.3. The third kappa shape index (κ3) is 4.39. The lowest BCUT2D eigenvalue weighted by molar-refractivity contribution is -0.0898. The van der Waals surface area contributed by atoms with Gasteiger partial charge >= 0.3 is 0 Å². The fourth-order valence-electron chi connectivity index (χ4n) is 4.85. The summed E-state index contributed by atoms with van der Waals surface area (Å²) in [6.45, 7) is 2.06. The van der Waals surface area contributed by atoms with Crippen LogP contribution in [-0.2, 0) is 24.0 Å². The molecule has 1 saturated carbocycles. The Morgan fingerprint density at radius 1 is 1.10 bits per heavy atom. The molecule has 0 aromatic heterocycles. The minimum Gasteiger partial charge on any atom is -0.393 e. The smallest absolute Gasteiger partial charge is 0.0856 e. The van der Waals surface area contributed by atoms with Gasteiger partial charge in [0.2, 0.25) is 0 Å². The number of hydrogen-bond donors (Lipinski definition) is 1. The van der Waals surface area contributed by atoms with Gasteiger partial charge in [-0.2, -0.15) is 0 Å². The fraction of sp³-hybridized carbons (Fsp3) is 0.520. The lowest BCUT2D eigenvalue weighted by Gasteiger charge is -2.33. The fourth-order valence-corrected chi connectivity index (χ4v) is 6.23. The molecule has 1 aliphatic heterocycles. The van der Waals surface area contributed by atoms with E-state index in [1.165, 1.54) is 45.6 Å². The lowest BCUT2D eigenvalue weighted by Crippen LogP contribution is -2.30. The third-order valence-corrected chi connectivity index (χ3v) is 8.24. The summed E-state index contributed by atoms with van der Waals surface area (Å²) < 4.78 is 6.27. The average Bonchev–Trinajstić information content (AvgIpc) is 3.36. The van der Waals surface area contributed by atoms with Crippen molar-refractivity contribution in [1.82, 2.24) is 0 Å². The van der Waals surface area contributed by atoms with Gasteiger partial charge < -0.3 is 9.84 Å². The summed E-state index contributed by atoms with van der Waals surface area (Å²) in [4.78, 5) is 1.37. The molecular formula is C25H29ClO2S. The summed E-state index contributed by atoms with van der Waals surface area (Å²) in [7, 11) is 0. The molecule has 1 heterocycles. The molecule has 5 rings (SSSR count). The second-order valence-corrected chi connectivity index (χ2v) is 10.7. The maximum absolute atomic E-state index is 10.3. The molecule has 3 atom stereocenters. The van der Waals surface area contributed by atoms with E-state index in [0.717, 1.165) is 42.4 Å². The zero-order chi connectivity index (χ0) is 20.0. The van der Waals surface area contributed by atoms with E-state index in [1.807, 2.05) is 11.8 Å². The van der Waals surface area contributed by atoms with Crippen LogP contribution < -0.4 is 0 Å². The van der Waals surface area contributed by atoms with Crippen LogP contribution in [0.3, 0.4) is 0 Å². The molecule has 2 aliphatic carbocycles. The third-order valence-electron chi connectivity index (χ3n) is 6.42. The molecule has 4 heteroatoms. The lowest BCUT2D eigenvalue weighted by atomic mass is 9.89. The molecule has 0 spiro atoms. The highest BCUT2D eigenvalue weighted by Gasteiger charge is 2.31. The highest BCUT2D eigenvalue weighted by Crippen LogP contribution is 2.42. The first-order valence-electron chi connectivity index (χ1n) is 11.0. The molecule has 0 radical (unpaired) electrons. The predicted molar refractivity (Wildman–Crippen MR) is 120 cm³/mol. The Labute approximate surface area is 183 Å². The summed E-state index contributed by atoms with van der Waals surface area (Å²) in [6.07, 6.45) is 8.05. The summed E-state index contributed by atoms with van der Waals surface area (Å²) >= 11 is 8.89. The summed E-state index contributed by atoms with van der Waals surface area (Å²) in [5, 5.41) is 12.1. The molecule has 2 aromatic carbocycles. The van der Waals surface area contributed by atoms with Gasteiger partial charge in [-0.15, -0.1) is 11.8 Å². The van der Waals surface area contributed by atoms with E-state index in [9.17, 15) is 5.11 Å². The van der Waals surface area contributed by atoms with Crippen molar-refractivity contribution in [2.75, 3.05) is 0 Å². The van der Waals surface area contributed by atoms with E-state index in [0.29, 0.717) is 6.42 Å². The van der Waals surface area contributed by atoms with E-state index >= 15 is 0 Å². The molecule has 2 fully saturated rings. The van der Waals surface area contributed by atoms with Crippen LogP contribution in [0.1, 0.15) is 72.9 Å². The van der Waals surface area contributed by atoms with Gasteiger partial charge in [-0.25, -0.2) is 0 Å². The van der Waals surface area contributed by atoms with Gasteiger partial charge in [-0.3, -0.25) is 0 Å². The molecule has 154 valence electrons.